The molecule has 1 heterocycles. The van der Waals surface area contributed by atoms with Gasteiger partial charge in [-0.25, -0.2) is 4.39 Å². The van der Waals surface area contributed by atoms with E-state index in [0.29, 0.717) is 6.54 Å². The van der Waals surface area contributed by atoms with Crippen molar-refractivity contribution in [3.05, 3.63) is 47.0 Å². The average Bonchev–Trinajstić information content (AvgIpc) is 2.81. The molecule has 19 heavy (non-hydrogen) atoms. The molecule has 5 heteroatoms. The standard InChI is InChI=1S/C14H18FN3O/c1-9(16-7-12-8-17-18-10(12)2)11-4-5-14(19-3)13(15)6-11/h4-6,8-9,16H,7H2,1-3H3,(H,17,18)/t9-/m0/s1. The molecule has 0 amide bonds. The van der Waals surface area contributed by atoms with E-state index in [2.05, 4.69) is 15.5 Å². The number of nitrogens with one attached hydrogen (secondary N) is 2. The van der Waals surface area contributed by atoms with Gasteiger partial charge in [0.15, 0.2) is 11.6 Å². The van der Waals surface area contributed by atoms with Crippen LogP contribution in [0.15, 0.2) is 24.4 Å². The van der Waals surface area contributed by atoms with Crippen LogP contribution in [0.5, 0.6) is 5.75 Å². The van der Waals surface area contributed by atoms with E-state index in [9.17, 15) is 4.39 Å². The molecule has 0 aliphatic carbocycles. The molecule has 0 spiro atoms. The number of hydrogen-bond acceptors (Lipinski definition) is 3. The van der Waals surface area contributed by atoms with Gasteiger partial charge in [-0.15, -0.1) is 0 Å². The zero-order valence-corrected chi connectivity index (χ0v) is 11.3. The van der Waals surface area contributed by atoms with E-state index in [-0.39, 0.29) is 17.6 Å². The van der Waals surface area contributed by atoms with Crippen LogP contribution >= 0.6 is 0 Å². The van der Waals surface area contributed by atoms with E-state index >= 15 is 0 Å². The summed E-state index contributed by atoms with van der Waals surface area (Å²) in [6.07, 6.45) is 1.80. The van der Waals surface area contributed by atoms with Crippen LogP contribution in [0, 0.1) is 12.7 Å². The first-order valence-corrected chi connectivity index (χ1v) is 6.17. The SMILES string of the molecule is COc1ccc([C@H](C)NCc2cn[nH]c2C)cc1F. The largest absolute Gasteiger partial charge is 0.494 e. The first kappa shape index (κ1) is 13.5. The highest BCUT2D eigenvalue weighted by molar-refractivity contribution is 5.30. The van der Waals surface area contributed by atoms with Gasteiger partial charge >= 0.3 is 0 Å². The third-order valence-corrected chi connectivity index (χ3v) is 3.21. The van der Waals surface area contributed by atoms with Crippen molar-refractivity contribution >= 4 is 0 Å². The third kappa shape index (κ3) is 3.12. The topological polar surface area (TPSA) is 49.9 Å². The Labute approximate surface area is 112 Å². The molecule has 1 aromatic heterocycles. The van der Waals surface area contributed by atoms with E-state index in [1.54, 1.807) is 12.3 Å². The molecule has 0 bridgehead atoms. The maximum Gasteiger partial charge on any atom is 0.165 e. The summed E-state index contributed by atoms with van der Waals surface area (Å²) in [5.74, 6) is -0.0743. The maximum atomic E-state index is 13.6. The molecule has 0 saturated heterocycles. The van der Waals surface area contributed by atoms with Crippen LogP contribution < -0.4 is 10.1 Å². The fraction of sp³-hybridized carbons (Fsp3) is 0.357. The minimum Gasteiger partial charge on any atom is -0.494 e. The molecular formula is C14H18FN3O. The number of ether oxygens (including phenoxy) is 1. The van der Waals surface area contributed by atoms with Gasteiger partial charge in [0.25, 0.3) is 0 Å². The molecule has 0 radical (unpaired) electrons. The van der Waals surface area contributed by atoms with E-state index in [1.165, 1.54) is 13.2 Å². The van der Waals surface area contributed by atoms with E-state index < -0.39 is 0 Å². The number of hydrogen-bond donors (Lipinski definition) is 2. The summed E-state index contributed by atoms with van der Waals surface area (Å²) in [5, 5.41) is 10.2. The van der Waals surface area contributed by atoms with Crippen molar-refractivity contribution < 1.29 is 9.13 Å². The summed E-state index contributed by atoms with van der Waals surface area (Å²) in [6, 6.07) is 5.06. The Bertz CT molecular complexity index is 553. The fourth-order valence-corrected chi connectivity index (χ4v) is 1.89. The van der Waals surface area contributed by atoms with Crippen molar-refractivity contribution in [1.29, 1.82) is 0 Å². The van der Waals surface area contributed by atoms with Crippen molar-refractivity contribution in [3.8, 4) is 5.75 Å². The van der Waals surface area contributed by atoms with Gasteiger partial charge in [0.2, 0.25) is 0 Å². The molecular weight excluding hydrogens is 245 g/mol. The Kier molecular flexibility index (Phi) is 4.16. The van der Waals surface area contributed by atoms with Crippen LogP contribution in [0.2, 0.25) is 0 Å². The van der Waals surface area contributed by atoms with Crippen LogP contribution in [0.25, 0.3) is 0 Å². The highest BCUT2D eigenvalue weighted by Crippen LogP contribution is 2.22. The van der Waals surface area contributed by atoms with Crippen LogP contribution in [0.3, 0.4) is 0 Å². The summed E-state index contributed by atoms with van der Waals surface area (Å²) in [5.41, 5.74) is 3.04. The molecule has 1 atom stereocenters. The first-order valence-electron chi connectivity index (χ1n) is 6.17. The number of aryl methyl sites for hydroxylation is 1. The van der Waals surface area contributed by atoms with Gasteiger partial charge in [0.1, 0.15) is 0 Å². The van der Waals surface area contributed by atoms with Crippen LogP contribution in [0.4, 0.5) is 4.39 Å². The predicted octanol–water partition coefficient (Wildman–Crippen LogP) is 2.72. The van der Waals surface area contributed by atoms with Crippen molar-refractivity contribution in [2.45, 2.75) is 26.4 Å². The van der Waals surface area contributed by atoms with Gasteiger partial charge in [0.05, 0.1) is 13.3 Å². The monoisotopic (exact) mass is 263 g/mol. The lowest BCUT2D eigenvalue weighted by molar-refractivity contribution is 0.385. The van der Waals surface area contributed by atoms with Gasteiger partial charge < -0.3 is 10.1 Å². The fourth-order valence-electron chi connectivity index (χ4n) is 1.89. The van der Waals surface area contributed by atoms with E-state index in [0.717, 1.165) is 16.8 Å². The highest BCUT2D eigenvalue weighted by atomic mass is 19.1. The Morgan fingerprint density at radius 2 is 2.26 bits per heavy atom. The summed E-state index contributed by atoms with van der Waals surface area (Å²) >= 11 is 0. The molecule has 0 unspecified atom stereocenters. The number of halogens is 1. The minimum absolute atomic E-state index is 0.0507. The number of benzene rings is 1. The lowest BCUT2D eigenvalue weighted by Crippen LogP contribution is -2.18. The minimum atomic E-state index is -0.340. The van der Waals surface area contributed by atoms with Crippen LogP contribution in [0.1, 0.15) is 29.8 Å². The van der Waals surface area contributed by atoms with Gasteiger partial charge in [-0.3, -0.25) is 5.10 Å². The second-order valence-electron chi connectivity index (χ2n) is 4.52. The van der Waals surface area contributed by atoms with E-state index in [1.807, 2.05) is 19.9 Å². The number of rotatable bonds is 5. The Hall–Kier alpha value is -1.88. The van der Waals surface area contributed by atoms with Crippen LogP contribution in [-0.2, 0) is 6.54 Å². The summed E-state index contributed by atoms with van der Waals surface area (Å²) in [6.45, 7) is 4.66. The lowest BCUT2D eigenvalue weighted by atomic mass is 10.1. The van der Waals surface area contributed by atoms with Gasteiger partial charge in [0, 0.05) is 23.8 Å². The zero-order chi connectivity index (χ0) is 13.8. The Balaban J connectivity index is 2.02. The molecule has 1 aromatic carbocycles. The molecule has 0 fully saturated rings. The first-order chi connectivity index (χ1) is 9.11. The molecule has 2 aromatic rings. The zero-order valence-electron chi connectivity index (χ0n) is 11.3. The van der Waals surface area contributed by atoms with Crippen LogP contribution in [-0.4, -0.2) is 17.3 Å². The maximum absolute atomic E-state index is 13.6. The second kappa shape index (κ2) is 5.84. The number of nitrogens with zero attached hydrogens (tertiary/aromatic N) is 1. The normalized spacial score (nSPS) is 12.4. The summed E-state index contributed by atoms with van der Waals surface area (Å²) in [4.78, 5) is 0. The van der Waals surface area contributed by atoms with E-state index in [4.69, 9.17) is 4.74 Å². The summed E-state index contributed by atoms with van der Waals surface area (Å²) < 4.78 is 18.5. The highest BCUT2D eigenvalue weighted by Gasteiger charge is 2.10. The van der Waals surface area contributed by atoms with Gasteiger partial charge in [-0.2, -0.15) is 5.10 Å². The number of aromatic amines is 1. The predicted molar refractivity (Wildman–Crippen MR) is 71.5 cm³/mol. The molecule has 0 aliphatic rings. The molecule has 0 saturated carbocycles. The lowest BCUT2D eigenvalue weighted by Gasteiger charge is -2.15. The molecule has 0 aliphatic heterocycles. The number of methoxy groups -OCH3 is 1. The molecule has 4 nitrogen and oxygen atoms in total. The van der Waals surface area contributed by atoms with Crippen molar-refractivity contribution in [1.82, 2.24) is 15.5 Å². The van der Waals surface area contributed by atoms with Crippen molar-refractivity contribution in [2.75, 3.05) is 7.11 Å². The average molecular weight is 263 g/mol. The van der Waals surface area contributed by atoms with Gasteiger partial charge in [-0.05, 0) is 31.5 Å². The Morgan fingerprint density at radius 1 is 1.47 bits per heavy atom. The smallest absolute Gasteiger partial charge is 0.165 e. The molecule has 2 N–H and O–H groups in total. The Morgan fingerprint density at radius 3 is 2.84 bits per heavy atom. The second-order valence-corrected chi connectivity index (χ2v) is 4.52. The quantitative estimate of drug-likeness (QED) is 0.872. The molecule has 102 valence electrons. The number of aromatic nitrogens is 2. The number of H-pyrrole nitrogens is 1. The molecule has 2 rings (SSSR count). The third-order valence-electron chi connectivity index (χ3n) is 3.21. The van der Waals surface area contributed by atoms with Gasteiger partial charge in [-0.1, -0.05) is 6.07 Å². The van der Waals surface area contributed by atoms with Crippen molar-refractivity contribution in [2.24, 2.45) is 0 Å². The summed E-state index contributed by atoms with van der Waals surface area (Å²) in [7, 11) is 1.46. The van der Waals surface area contributed by atoms with Crippen molar-refractivity contribution in [3.63, 3.8) is 0 Å².